The van der Waals surface area contributed by atoms with Crippen molar-refractivity contribution in [1.29, 1.82) is 0 Å². The van der Waals surface area contributed by atoms with E-state index in [1.807, 2.05) is 6.92 Å². The minimum Gasteiger partial charge on any atom is -0.405 e. The van der Waals surface area contributed by atoms with Gasteiger partial charge in [-0.25, -0.2) is 0 Å². The predicted octanol–water partition coefficient (Wildman–Crippen LogP) is 5.57. The number of aliphatic hydroxyl groups excluding tert-OH is 1. The zero-order valence-electron chi connectivity index (χ0n) is 38.5. The number of nitrogens with two attached hydrogens (primary N) is 2. The molecule has 2 amide bonds. The van der Waals surface area contributed by atoms with Gasteiger partial charge in [0.15, 0.2) is 11.6 Å². The highest BCUT2D eigenvalue weighted by molar-refractivity contribution is 6.47. The van der Waals surface area contributed by atoms with Gasteiger partial charge in [-0.05, 0) is 108 Å². The van der Waals surface area contributed by atoms with E-state index in [1.54, 1.807) is 6.92 Å². The van der Waals surface area contributed by atoms with E-state index in [9.17, 15) is 29.1 Å². The van der Waals surface area contributed by atoms with Crippen molar-refractivity contribution in [3.63, 3.8) is 0 Å². The molecule has 344 valence electrons. The van der Waals surface area contributed by atoms with Gasteiger partial charge in [0, 0.05) is 31.1 Å². The van der Waals surface area contributed by atoms with Crippen molar-refractivity contribution >= 4 is 36.3 Å². The van der Waals surface area contributed by atoms with Crippen molar-refractivity contribution in [1.82, 2.24) is 16.0 Å². The molecule has 1 heterocycles. The van der Waals surface area contributed by atoms with Gasteiger partial charge < -0.3 is 41.8 Å². The van der Waals surface area contributed by atoms with Crippen LogP contribution in [0, 0.1) is 29.1 Å². The minimum atomic E-state index is -1.27. The lowest BCUT2D eigenvalue weighted by atomic mass is 9.43. The average Bonchev–Trinajstić information content (AvgIpc) is 3.57. The topological polar surface area (TPSA) is 212 Å². The fourth-order valence-corrected chi connectivity index (χ4v) is 9.90. The van der Waals surface area contributed by atoms with Gasteiger partial charge in [-0.1, -0.05) is 86.0 Å². The third-order valence-corrected chi connectivity index (χ3v) is 14.1. The van der Waals surface area contributed by atoms with Gasteiger partial charge in [0.2, 0.25) is 11.8 Å². The smallest absolute Gasteiger partial charge is 0.405 e. The number of nitrogens with one attached hydrogen (secondary N) is 3. The molecule has 10 atom stereocenters. The first-order valence-corrected chi connectivity index (χ1v) is 23.8. The number of hydrogen-bond acceptors (Lipinski definition) is 11. The predicted molar refractivity (Wildman–Crippen MR) is 238 cm³/mol. The van der Waals surface area contributed by atoms with E-state index in [4.69, 9.17) is 20.8 Å². The summed E-state index contributed by atoms with van der Waals surface area (Å²) in [5, 5.41) is 19.5. The van der Waals surface area contributed by atoms with Crippen LogP contribution in [-0.2, 0) is 33.3 Å². The van der Waals surface area contributed by atoms with Crippen LogP contribution in [0.3, 0.4) is 0 Å². The van der Waals surface area contributed by atoms with Crippen molar-refractivity contribution < 1.29 is 38.4 Å². The maximum atomic E-state index is 13.8. The number of carbonyl (C=O) groups is 5. The van der Waals surface area contributed by atoms with Crippen molar-refractivity contribution in [2.24, 2.45) is 40.6 Å². The third kappa shape index (κ3) is 15.2. The van der Waals surface area contributed by atoms with Gasteiger partial charge in [0.05, 0.1) is 30.4 Å². The van der Waals surface area contributed by atoms with Gasteiger partial charge >= 0.3 is 7.12 Å². The molecule has 60 heavy (non-hydrogen) atoms. The fourth-order valence-electron chi connectivity index (χ4n) is 9.90. The summed E-state index contributed by atoms with van der Waals surface area (Å²) in [5.74, 6) is -2.40. The molecule has 1 saturated heterocycles. The maximum Gasteiger partial charge on any atom is 0.461 e. The molecule has 1 aliphatic heterocycles. The molecule has 0 aromatic rings. The summed E-state index contributed by atoms with van der Waals surface area (Å²) >= 11 is 0. The molecule has 8 N–H and O–H groups in total. The van der Waals surface area contributed by atoms with Crippen LogP contribution in [0.15, 0.2) is 0 Å². The second-order valence-electron chi connectivity index (χ2n) is 19.5. The van der Waals surface area contributed by atoms with E-state index in [1.165, 1.54) is 45.4 Å². The molecule has 0 unspecified atom stereocenters. The highest BCUT2D eigenvalue weighted by atomic mass is 16.7. The Morgan fingerprint density at radius 1 is 0.767 bits per heavy atom. The zero-order chi connectivity index (χ0) is 44.5. The summed E-state index contributed by atoms with van der Waals surface area (Å²) in [7, 11) is -0.511. The molecule has 3 saturated carbocycles. The first-order valence-electron chi connectivity index (χ1n) is 23.8. The highest BCUT2D eigenvalue weighted by Gasteiger charge is 2.68. The molecule has 0 spiro atoms. The summed E-state index contributed by atoms with van der Waals surface area (Å²) < 4.78 is 13.1. The highest BCUT2D eigenvalue weighted by Crippen LogP contribution is 2.66. The Kier molecular flexibility index (Phi) is 22.4. The van der Waals surface area contributed by atoms with E-state index in [-0.39, 0.29) is 60.3 Å². The van der Waals surface area contributed by atoms with Crippen molar-refractivity contribution in [3.05, 3.63) is 0 Å². The van der Waals surface area contributed by atoms with Gasteiger partial charge in [0.25, 0.3) is 0 Å². The lowest BCUT2D eigenvalue weighted by molar-refractivity contribution is -0.199. The van der Waals surface area contributed by atoms with E-state index in [0.29, 0.717) is 63.5 Å². The van der Waals surface area contributed by atoms with Crippen LogP contribution in [0.1, 0.15) is 170 Å². The molecule has 14 heteroatoms. The monoisotopic (exact) mass is 846 g/mol. The van der Waals surface area contributed by atoms with Crippen LogP contribution in [0.25, 0.3) is 0 Å². The quantitative estimate of drug-likeness (QED) is 0.0355. The second kappa shape index (κ2) is 25.8. The van der Waals surface area contributed by atoms with Crippen molar-refractivity contribution in [2.75, 3.05) is 26.2 Å². The number of aliphatic hydroxyl groups is 1. The summed E-state index contributed by atoms with van der Waals surface area (Å²) in [5.41, 5.74) is 11.3. The van der Waals surface area contributed by atoms with Gasteiger partial charge in [0.1, 0.15) is 11.8 Å². The Bertz CT molecular complexity index is 1370. The lowest BCUT2D eigenvalue weighted by Gasteiger charge is -2.64. The molecule has 0 aromatic heterocycles. The number of amides is 2. The SMILES string of the molecule is CCCCCCCCCCNCC(=O)C[C@@H](CCCCN)C(=O)N[C@H](C(=O)C[C@@H](C)C(=O)N[C@@H](CCCCN)C(=O)C[C@@H](C)B1O[C@@H]2C[C@@H]3C[C@@H](C3(C)C)[C@]2(C)O1)[C@@H](C)O. The van der Waals surface area contributed by atoms with E-state index in [0.717, 1.165) is 32.2 Å². The van der Waals surface area contributed by atoms with Crippen LogP contribution in [0.4, 0.5) is 0 Å². The molecule has 13 nitrogen and oxygen atoms in total. The molecule has 4 rings (SSSR count). The Labute approximate surface area is 362 Å². The molecule has 0 aromatic carbocycles. The van der Waals surface area contributed by atoms with Crippen LogP contribution in [-0.4, -0.2) is 97.5 Å². The molecule has 0 radical (unpaired) electrons. The zero-order valence-corrected chi connectivity index (χ0v) is 38.5. The Morgan fingerprint density at radius 2 is 1.40 bits per heavy atom. The van der Waals surface area contributed by atoms with E-state index in [2.05, 4.69) is 43.6 Å². The Morgan fingerprint density at radius 3 is 2.02 bits per heavy atom. The largest absolute Gasteiger partial charge is 0.461 e. The molecule has 3 aliphatic carbocycles. The standard InChI is InChI=1S/C46H84BN5O8/c1-8-9-10-11-12-13-14-19-24-50-30-36(54)27-34(20-15-17-22-48)44(58)52-42(33(4)53)39(56)25-31(2)43(57)51-37(21-16-18-23-49)38(55)26-32(3)47-59-41-29-35-28-40(45(35,5)6)46(41,7)60-47/h31-35,37,40-42,50,53H,8-30,48-49H2,1-7H3,(H,51,57)(H,52,58)/t31-,32-,33-,34-,35+,37+,40+,41-,42+,46+/m1/s1. The van der Waals surface area contributed by atoms with Crippen LogP contribution >= 0.6 is 0 Å². The van der Waals surface area contributed by atoms with Crippen molar-refractivity contribution in [2.45, 2.75) is 206 Å². The van der Waals surface area contributed by atoms with E-state index >= 15 is 0 Å². The van der Waals surface area contributed by atoms with E-state index < -0.39 is 54.7 Å². The number of unbranched alkanes of at least 4 members (excludes halogenated alkanes) is 9. The molecule has 4 fully saturated rings. The first-order chi connectivity index (χ1) is 28.5. The fraction of sp³-hybridized carbons (Fsp3) is 0.891. The van der Waals surface area contributed by atoms with Crippen LogP contribution < -0.4 is 27.4 Å². The third-order valence-electron chi connectivity index (χ3n) is 14.1. The Hall–Kier alpha value is -2.23. The normalized spacial score (nSPS) is 24.6. The van der Waals surface area contributed by atoms with Crippen LogP contribution in [0.5, 0.6) is 0 Å². The second-order valence-corrected chi connectivity index (χ2v) is 19.5. The minimum absolute atomic E-state index is 0.00608. The maximum absolute atomic E-state index is 13.8. The van der Waals surface area contributed by atoms with Crippen LogP contribution in [0.2, 0.25) is 5.82 Å². The number of ketones is 3. The Balaban J connectivity index is 1.53. The van der Waals surface area contributed by atoms with Gasteiger partial charge in [-0.15, -0.1) is 0 Å². The number of hydrogen-bond donors (Lipinski definition) is 6. The summed E-state index contributed by atoms with van der Waals surface area (Å²) in [6.45, 7) is 15.8. The molecule has 4 aliphatic rings. The summed E-state index contributed by atoms with van der Waals surface area (Å²) in [6.07, 6.45) is 13.9. The summed E-state index contributed by atoms with van der Waals surface area (Å²) in [6, 6.07) is -2.04. The number of Topliss-reactive ketones (excluding diaryl/α,β-unsaturated/α-hetero) is 3. The van der Waals surface area contributed by atoms with Gasteiger partial charge in [-0.3, -0.25) is 24.0 Å². The first kappa shape index (κ1) is 52.1. The van der Waals surface area contributed by atoms with Crippen molar-refractivity contribution in [3.8, 4) is 0 Å². The summed E-state index contributed by atoms with van der Waals surface area (Å²) in [4.78, 5) is 67.6. The molecular weight excluding hydrogens is 761 g/mol. The lowest BCUT2D eigenvalue weighted by Crippen LogP contribution is -2.65. The number of rotatable bonds is 33. The molecule has 2 bridgehead atoms. The number of carbonyl (C=O) groups excluding carboxylic acids is 5. The average molecular weight is 846 g/mol. The molecular formula is C46H84BN5O8. The van der Waals surface area contributed by atoms with Gasteiger partial charge in [-0.2, -0.15) is 0 Å².